The van der Waals surface area contributed by atoms with Crippen molar-refractivity contribution in [3.05, 3.63) is 45.9 Å². The number of hydrogen-bond acceptors (Lipinski definition) is 3. The summed E-state index contributed by atoms with van der Waals surface area (Å²) in [7, 11) is 1.63. The van der Waals surface area contributed by atoms with Gasteiger partial charge in [-0.25, -0.2) is 4.52 Å². The van der Waals surface area contributed by atoms with E-state index in [1.807, 2.05) is 31.2 Å². The highest BCUT2D eigenvalue weighted by molar-refractivity contribution is 5.93. The van der Waals surface area contributed by atoms with Crippen LogP contribution in [-0.4, -0.2) is 14.2 Å². The van der Waals surface area contributed by atoms with Gasteiger partial charge in [0.25, 0.3) is 5.56 Å². The molecule has 0 fully saturated rings. The molecule has 0 atom stereocenters. The highest BCUT2D eigenvalue weighted by Gasteiger charge is 2.12. The third kappa shape index (κ3) is 1.20. The first-order valence-electron chi connectivity index (χ1n) is 5.51. The molecule has 3 aromatic rings. The lowest BCUT2D eigenvalue weighted by molar-refractivity contribution is 0.847. The number of hydrogen-bond donors (Lipinski definition) is 0. The Labute approximate surface area is 102 Å². The molecule has 0 N–H and O–H groups in total. The molecule has 5 heteroatoms. The molecular formula is C13H10N4O. The molecular weight excluding hydrogens is 228 g/mol. The van der Waals surface area contributed by atoms with Crippen LogP contribution in [0.25, 0.3) is 16.6 Å². The molecule has 3 rings (SSSR count). The summed E-state index contributed by atoms with van der Waals surface area (Å²) in [6, 6.07) is 9.34. The van der Waals surface area contributed by atoms with Gasteiger partial charge in [0.15, 0.2) is 5.65 Å². The first-order valence-corrected chi connectivity index (χ1v) is 5.51. The molecule has 0 bridgehead atoms. The fraction of sp³-hybridized carbons (Fsp3) is 0.154. The second-order valence-corrected chi connectivity index (χ2v) is 4.24. The molecule has 0 aromatic carbocycles. The van der Waals surface area contributed by atoms with E-state index in [9.17, 15) is 4.79 Å². The molecule has 0 saturated carbocycles. The summed E-state index contributed by atoms with van der Waals surface area (Å²) >= 11 is 0. The summed E-state index contributed by atoms with van der Waals surface area (Å²) in [5, 5.41) is 14.2. The minimum absolute atomic E-state index is 0.140. The minimum atomic E-state index is -0.314. The third-order valence-corrected chi connectivity index (χ3v) is 3.13. The maximum atomic E-state index is 11.9. The Kier molecular flexibility index (Phi) is 2.01. The van der Waals surface area contributed by atoms with Gasteiger partial charge in [0.05, 0.1) is 5.52 Å². The van der Waals surface area contributed by atoms with Crippen molar-refractivity contribution in [3.63, 3.8) is 0 Å². The monoisotopic (exact) mass is 238 g/mol. The van der Waals surface area contributed by atoms with E-state index < -0.39 is 0 Å². The van der Waals surface area contributed by atoms with Crippen LogP contribution in [0.1, 0.15) is 11.3 Å². The van der Waals surface area contributed by atoms with Crippen LogP contribution in [-0.2, 0) is 7.05 Å². The van der Waals surface area contributed by atoms with Gasteiger partial charge in [-0.3, -0.25) is 9.36 Å². The number of nitrogens with zero attached hydrogens (tertiary/aromatic N) is 4. The molecule has 3 aromatic heterocycles. The Bertz CT molecular complexity index is 880. The number of nitriles is 1. The predicted octanol–water partition coefficient (Wildman–Crippen LogP) is 1.37. The summed E-state index contributed by atoms with van der Waals surface area (Å²) < 4.78 is 3.20. The van der Waals surface area contributed by atoms with E-state index >= 15 is 0 Å². The molecule has 18 heavy (non-hydrogen) atoms. The van der Waals surface area contributed by atoms with Gasteiger partial charge in [-0.05, 0) is 25.1 Å². The summed E-state index contributed by atoms with van der Waals surface area (Å²) in [5.74, 6) is 0. The van der Waals surface area contributed by atoms with Crippen molar-refractivity contribution >= 4 is 16.6 Å². The molecule has 5 nitrogen and oxygen atoms in total. The minimum Gasteiger partial charge on any atom is -0.293 e. The van der Waals surface area contributed by atoms with Crippen LogP contribution in [0.3, 0.4) is 0 Å². The summed E-state index contributed by atoms with van der Waals surface area (Å²) in [4.78, 5) is 11.9. The molecule has 0 amide bonds. The predicted molar refractivity (Wildman–Crippen MR) is 67.4 cm³/mol. The first kappa shape index (κ1) is 10.5. The average Bonchev–Trinajstić information content (AvgIpc) is 2.74. The Hall–Kier alpha value is -2.61. The van der Waals surface area contributed by atoms with Gasteiger partial charge < -0.3 is 0 Å². The smallest absolute Gasteiger partial charge is 0.269 e. The zero-order valence-electron chi connectivity index (χ0n) is 10.0. The van der Waals surface area contributed by atoms with Crippen LogP contribution in [0, 0.1) is 18.3 Å². The van der Waals surface area contributed by atoms with Crippen molar-refractivity contribution in [2.75, 3.05) is 0 Å². The Morgan fingerprint density at radius 2 is 2.17 bits per heavy atom. The van der Waals surface area contributed by atoms with Crippen LogP contribution in [0.4, 0.5) is 0 Å². The Balaban J connectivity index is 2.65. The van der Waals surface area contributed by atoms with Crippen LogP contribution >= 0.6 is 0 Å². The van der Waals surface area contributed by atoms with Crippen molar-refractivity contribution in [2.24, 2.45) is 7.05 Å². The molecule has 88 valence electrons. The standard InChI is InChI=1S/C13H10N4O/c1-8-4-3-5-11-10-6-9(7-14)13(18)16(2)12(10)15-17(8)11/h3-6H,1-2H3. The zero-order chi connectivity index (χ0) is 12.9. The van der Waals surface area contributed by atoms with Crippen molar-refractivity contribution in [3.8, 4) is 6.07 Å². The topological polar surface area (TPSA) is 63.1 Å². The molecule has 0 spiro atoms. The lowest BCUT2D eigenvalue weighted by Gasteiger charge is -1.98. The quantitative estimate of drug-likeness (QED) is 0.594. The first-order chi connectivity index (χ1) is 8.63. The van der Waals surface area contributed by atoms with Crippen LogP contribution in [0.15, 0.2) is 29.1 Å². The average molecular weight is 238 g/mol. The van der Waals surface area contributed by atoms with Crippen molar-refractivity contribution in [1.29, 1.82) is 5.26 Å². The van der Waals surface area contributed by atoms with Gasteiger partial charge in [-0.2, -0.15) is 5.26 Å². The molecule has 0 saturated heterocycles. The van der Waals surface area contributed by atoms with E-state index in [0.717, 1.165) is 16.6 Å². The zero-order valence-corrected chi connectivity index (χ0v) is 10.0. The van der Waals surface area contributed by atoms with E-state index in [2.05, 4.69) is 5.10 Å². The molecule has 3 heterocycles. The molecule has 0 unspecified atom stereocenters. The SMILES string of the molecule is Cc1cccc2c3cc(C#N)c(=O)n(C)c3nn12. The van der Waals surface area contributed by atoms with E-state index in [-0.39, 0.29) is 11.1 Å². The molecule has 0 radical (unpaired) electrons. The Morgan fingerprint density at radius 1 is 1.39 bits per heavy atom. The van der Waals surface area contributed by atoms with Crippen molar-refractivity contribution < 1.29 is 0 Å². The fourth-order valence-corrected chi connectivity index (χ4v) is 2.16. The largest absolute Gasteiger partial charge is 0.293 e. The second kappa shape index (κ2) is 3.44. The lowest BCUT2D eigenvalue weighted by atomic mass is 10.2. The maximum absolute atomic E-state index is 11.9. The molecule has 0 aliphatic rings. The van der Waals surface area contributed by atoms with E-state index in [4.69, 9.17) is 5.26 Å². The lowest BCUT2D eigenvalue weighted by Crippen LogP contribution is -2.19. The highest BCUT2D eigenvalue weighted by atomic mass is 16.1. The van der Waals surface area contributed by atoms with E-state index in [0.29, 0.717) is 5.65 Å². The molecule has 0 aliphatic heterocycles. The van der Waals surface area contributed by atoms with E-state index in [1.165, 1.54) is 4.57 Å². The van der Waals surface area contributed by atoms with Gasteiger partial charge in [0, 0.05) is 18.1 Å². The van der Waals surface area contributed by atoms with Crippen molar-refractivity contribution in [2.45, 2.75) is 6.92 Å². The number of fused-ring (bicyclic) bond motifs is 3. The summed E-state index contributed by atoms with van der Waals surface area (Å²) in [6.45, 7) is 1.95. The van der Waals surface area contributed by atoms with Gasteiger partial charge in [0.1, 0.15) is 11.6 Å². The second-order valence-electron chi connectivity index (χ2n) is 4.24. The summed E-state index contributed by atoms with van der Waals surface area (Å²) in [5.41, 5.74) is 2.30. The van der Waals surface area contributed by atoms with Crippen molar-refractivity contribution in [1.82, 2.24) is 14.2 Å². The molecule has 0 aliphatic carbocycles. The van der Waals surface area contributed by atoms with Gasteiger partial charge in [0.2, 0.25) is 0 Å². The maximum Gasteiger partial charge on any atom is 0.269 e. The number of pyridine rings is 2. The highest BCUT2D eigenvalue weighted by Crippen LogP contribution is 2.19. The van der Waals surface area contributed by atoms with E-state index in [1.54, 1.807) is 17.6 Å². The van der Waals surface area contributed by atoms with Crippen LogP contribution < -0.4 is 5.56 Å². The van der Waals surface area contributed by atoms with Crippen LogP contribution in [0.2, 0.25) is 0 Å². The van der Waals surface area contributed by atoms with Gasteiger partial charge in [-0.15, -0.1) is 5.10 Å². The van der Waals surface area contributed by atoms with Crippen LogP contribution in [0.5, 0.6) is 0 Å². The number of aromatic nitrogens is 3. The summed E-state index contributed by atoms with van der Waals surface area (Å²) in [6.07, 6.45) is 0. The third-order valence-electron chi connectivity index (χ3n) is 3.13. The normalized spacial score (nSPS) is 10.9. The number of aryl methyl sites for hydroxylation is 2. The van der Waals surface area contributed by atoms with Gasteiger partial charge in [-0.1, -0.05) is 6.07 Å². The number of rotatable bonds is 0. The Morgan fingerprint density at radius 3 is 2.89 bits per heavy atom. The fourth-order valence-electron chi connectivity index (χ4n) is 2.16. The van der Waals surface area contributed by atoms with Gasteiger partial charge >= 0.3 is 0 Å².